The van der Waals surface area contributed by atoms with E-state index in [-0.39, 0.29) is 24.1 Å². The first-order valence-corrected chi connectivity index (χ1v) is 11.1. The van der Waals surface area contributed by atoms with Gasteiger partial charge < -0.3 is 15.2 Å². The van der Waals surface area contributed by atoms with Crippen LogP contribution < -0.4 is 10.6 Å². The maximum absolute atomic E-state index is 13.2. The molecule has 32 heavy (non-hydrogen) atoms. The number of nitrogens with one attached hydrogen (secondary N) is 2. The Morgan fingerprint density at radius 3 is 2.75 bits per heavy atom. The van der Waals surface area contributed by atoms with E-state index < -0.39 is 5.82 Å². The number of anilines is 1. The number of benzene rings is 2. The van der Waals surface area contributed by atoms with Gasteiger partial charge in [-0.25, -0.2) is 4.39 Å². The molecule has 3 aromatic rings. The number of hydrogen-bond acceptors (Lipinski definition) is 5. The topological polar surface area (TPSA) is 88.9 Å². The predicted octanol–water partition coefficient (Wildman–Crippen LogP) is 4.15. The van der Waals surface area contributed by atoms with Crippen molar-refractivity contribution in [1.29, 1.82) is 0 Å². The number of rotatable bonds is 9. The summed E-state index contributed by atoms with van der Waals surface area (Å²) in [6.45, 7) is 2.67. The fourth-order valence-corrected chi connectivity index (χ4v) is 3.79. The molecular weight excluding hydrogens is 453 g/mol. The summed E-state index contributed by atoms with van der Waals surface area (Å²) in [5.74, 6) is -0.346. The molecule has 1 heterocycles. The van der Waals surface area contributed by atoms with Crippen molar-refractivity contribution in [1.82, 2.24) is 20.1 Å². The van der Waals surface area contributed by atoms with E-state index in [2.05, 4.69) is 20.8 Å². The normalized spacial score (nSPS) is 11.0. The third kappa shape index (κ3) is 6.66. The summed E-state index contributed by atoms with van der Waals surface area (Å²) in [5, 5.41) is 14.7. The molecule has 0 fully saturated rings. The van der Waals surface area contributed by atoms with Crippen LogP contribution in [0.15, 0.2) is 59.8 Å². The van der Waals surface area contributed by atoms with Crippen LogP contribution in [-0.4, -0.2) is 32.3 Å². The summed E-state index contributed by atoms with van der Waals surface area (Å²) in [6, 6.07) is 12.9. The van der Waals surface area contributed by atoms with E-state index in [0.717, 1.165) is 5.56 Å². The minimum Gasteiger partial charge on any atom is -0.345 e. The first kappa shape index (κ1) is 23.5. The highest BCUT2D eigenvalue weighted by atomic mass is 35.5. The van der Waals surface area contributed by atoms with Gasteiger partial charge in [0.15, 0.2) is 11.0 Å². The Balaban J connectivity index is 1.53. The highest BCUT2D eigenvalue weighted by Crippen LogP contribution is 2.18. The van der Waals surface area contributed by atoms with Gasteiger partial charge in [-0.3, -0.25) is 9.59 Å². The Morgan fingerprint density at radius 2 is 2.00 bits per heavy atom. The standard InChI is InChI=1S/C22H21ClFN5O2S/c1-2-29-19(13-25-20(30)11-10-15-6-3-4-9-18(15)23)27-28-22(29)32-14-21(31)26-17-8-5-7-16(24)12-17/h3-12H,2,13-14H2,1H3,(H,25,30)(H,26,31)/b11-10+. The summed E-state index contributed by atoms with van der Waals surface area (Å²) in [7, 11) is 0. The minimum atomic E-state index is -0.422. The maximum Gasteiger partial charge on any atom is 0.244 e. The van der Waals surface area contributed by atoms with Crippen LogP contribution in [0.1, 0.15) is 18.3 Å². The van der Waals surface area contributed by atoms with Crippen molar-refractivity contribution in [3.8, 4) is 0 Å². The third-order valence-corrected chi connectivity index (χ3v) is 5.60. The summed E-state index contributed by atoms with van der Waals surface area (Å²) < 4.78 is 15.1. The fourth-order valence-electron chi connectivity index (χ4n) is 2.77. The molecule has 7 nitrogen and oxygen atoms in total. The Labute approximate surface area is 194 Å². The Kier molecular flexibility index (Phi) is 8.41. The van der Waals surface area contributed by atoms with Crippen molar-refractivity contribution in [2.24, 2.45) is 0 Å². The van der Waals surface area contributed by atoms with Gasteiger partial charge >= 0.3 is 0 Å². The van der Waals surface area contributed by atoms with Crippen molar-refractivity contribution in [2.75, 3.05) is 11.1 Å². The number of thioether (sulfide) groups is 1. The van der Waals surface area contributed by atoms with E-state index in [4.69, 9.17) is 11.6 Å². The molecule has 0 aliphatic rings. The first-order chi connectivity index (χ1) is 15.5. The zero-order valence-corrected chi connectivity index (χ0v) is 18.8. The zero-order chi connectivity index (χ0) is 22.9. The second-order valence-electron chi connectivity index (χ2n) is 6.56. The first-order valence-electron chi connectivity index (χ1n) is 9.77. The Hall–Kier alpha value is -3.17. The van der Waals surface area contributed by atoms with E-state index in [9.17, 15) is 14.0 Å². The highest BCUT2D eigenvalue weighted by molar-refractivity contribution is 7.99. The lowest BCUT2D eigenvalue weighted by Crippen LogP contribution is -2.22. The van der Waals surface area contributed by atoms with Crippen molar-refractivity contribution in [3.63, 3.8) is 0 Å². The van der Waals surface area contributed by atoms with Crippen molar-refractivity contribution in [3.05, 3.63) is 76.8 Å². The monoisotopic (exact) mass is 473 g/mol. The second-order valence-corrected chi connectivity index (χ2v) is 7.91. The number of carbonyl (C=O) groups excluding carboxylic acids is 2. The van der Waals surface area contributed by atoms with Gasteiger partial charge in [0.05, 0.1) is 12.3 Å². The van der Waals surface area contributed by atoms with Gasteiger partial charge in [-0.2, -0.15) is 0 Å². The van der Waals surface area contributed by atoms with Gasteiger partial charge in [0, 0.05) is 23.3 Å². The molecule has 0 bridgehead atoms. The van der Waals surface area contributed by atoms with Gasteiger partial charge in [0.2, 0.25) is 11.8 Å². The van der Waals surface area contributed by atoms with E-state index >= 15 is 0 Å². The predicted molar refractivity (Wildman–Crippen MR) is 124 cm³/mol. The Morgan fingerprint density at radius 1 is 1.19 bits per heavy atom. The summed E-state index contributed by atoms with van der Waals surface area (Å²) in [5.41, 5.74) is 1.14. The lowest BCUT2D eigenvalue weighted by Gasteiger charge is -2.08. The SMILES string of the molecule is CCn1c(CNC(=O)/C=C/c2ccccc2Cl)nnc1SCC(=O)Nc1cccc(F)c1. The third-order valence-electron chi connectivity index (χ3n) is 4.29. The van der Waals surface area contributed by atoms with Crippen LogP contribution in [0.3, 0.4) is 0 Å². The molecule has 0 spiro atoms. The number of carbonyl (C=O) groups is 2. The molecule has 0 atom stereocenters. The van der Waals surface area contributed by atoms with Crippen LogP contribution in [0, 0.1) is 5.82 Å². The Bertz CT molecular complexity index is 1140. The van der Waals surface area contributed by atoms with E-state index in [1.807, 2.05) is 29.7 Å². The molecule has 0 saturated heterocycles. The van der Waals surface area contributed by atoms with Crippen molar-refractivity contribution in [2.45, 2.75) is 25.2 Å². The number of aromatic nitrogens is 3. The smallest absolute Gasteiger partial charge is 0.244 e. The van der Waals surface area contributed by atoms with Crippen LogP contribution in [0.25, 0.3) is 6.08 Å². The summed E-state index contributed by atoms with van der Waals surface area (Å²) in [4.78, 5) is 24.3. The van der Waals surface area contributed by atoms with Crippen LogP contribution in [-0.2, 0) is 22.7 Å². The number of amides is 2. The van der Waals surface area contributed by atoms with E-state index in [1.165, 1.54) is 36.0 Å². The van der Waals surface area contributed by atoms with Gasteiger partial charge in [-0.05, 0) is 42.8 Å². The summed E-state index contributed by atoms with van der Waals surface area (Å²) >= 11 is 7.28. The number of halogens is 2. The van der Waals surface area contributed by atoms with E-state index in [1.54, 1.807) is 18.2 Å². The van der Waals surface area contributed by atoms with Crippen LogP contribution in [0.2, 0.25) is 5.02 Å². The van der Waals surface area contributed by atoms with Crippen LogP contribution in [0.4, 0.5) is 10.1 Å². The molecule has 0 unspecified atom stereocenters. The molecule has 2 amide bonds. The average Bonchev–Trinajstić information content (AvgIpc) is 3.17. The average molecular weight is 474 g/mol. The maximum atomic E-state index is 13.2. The second kappa shape index (κ2) is 11.4. The lowest BCUT2D eigenvalue weighted by molar-refractivity contribution is -0.116. The van der Waals surface area contributed by atoms with E-state index in [0.29, 0.717) is 28.2 Å². The molecule has 10 heteroatoms. The molecule has 0 aliphatic heterocycles. The van der Waals surface area contributed by atoms with Crippen LogP contribution in [0.5, 0.6) is 0 Å². The molecule has 1 aromatic heterocycles. The molecule has 0 radical (unpaired) electrons. The molecule has 166 valence electrons. The molecule has 0 aliphatic carbocycles. The van der Waals surface area contributed by atoms with Gasteiger partial charge in [-0.1, -0.05) is 47.6 Å². The molecule has 3 rings (SSSR count). The van der Waals surface area contributed by atoms with Crippen LogP contribution >= 0.6 is 23.4 Å². The summed E-state index contributed by atoms with van der Waals surface area (Å²) in [6.07, 6.45) is 3.04. The molecular formula is C22H21ClFN5O2S. The molecule has 2 N–H and O–H groups in total. The molecule has 0 saturated carbocycles. The van der Waals surface area contributed by atoms with Gasteiger partial charge in [0.25, 0.3) is 0 Å². The zero-order valence-electron chi connectivity index (χ0n) is 17.2. The van der Waals surface area contributed by atoms with Gasteiger partial charge in [-0.15, -0.1) is 10.2 Å². The quantitative estimate of drug-likeness (QED) is 0.360. The van der Waals surface area contributed by atoms with Gasteiger partial charge in [0.1, 0.15) is 5.82 Å². The van der Waals surface area contributed by atoms with Crippen molar-refractivity contribution >= 4 is 46.9 Å². The largest absolute Gasteiger partial charge is 0.345 e. The molecule has 2 aromatic carbocycles. The fraction of sp³-hybridized carbons (Fsp3) is 0.182. The minimum absolute atomic E-state index is 0.0849. The lowest BCUT2D eigenvalue weighted by atomic mass is 10.2. The van der Waals surface area contributed by atoms with Crippen molar-refractivity contribution < 1.29 is 14.0 Å². The number of nitrogens with zero attached hydrogens (tertiary/aromatic N) is 3. The highest BCUT2D eigenvalue weighted by Gasteiger charge is 2.14. The number of hydrogen-bond donors (Lipinski definition) is 2.